The molecule has 1 fully saturated rings. The Bertz CT molecular complexity index is 632. The van der Waals surface area contributed by atoms with Gasteiger partial charge >= 0.3 is 0 Å². The zero-order chi connectivity index (χ0) is 18.6. The molecule has 1 heterocycles. The highest BCUT2D eigenvalue weighted by atomic mass is 16.2. The first kappa shape index (κ1) is 19.1. The third kappa shape index (κ3) is 4.89. The van der Waals surface area contributed by atoms with Crippen LogP contribution in [0.5, 0.6) is 0 Å². The van der Waals surface area contributed by atoms with Crippen LogP contribution in [-0.4, -0.2) is 59.6 Å². The van der Waals surface area contributed by atoms with Crippen molar-refractivity contribution in [3.05, 3.63) is 29.8 Å². The van der Waals surface area contributed by atoms with Crippen molar-refractivity contribution in [1.82, 2.24) is 9.80 Å². The van der Waals surface area contributed by atoms with E-state index in [9.17, 15) is 14.4 Å². The number of ketones is 1. The van der Waals surface area contributed by atoms with Gasteiger partial charge in [-0.15, -0.1) is 0 Å². The van der Waals surface area contributed by atoms with E-state index in [-0.39, 0.29) is 29.6 Å². The van der Waals surface area contributed by atoms with Gasteiger partial charge < -0.3 is 10.2 Å². The van der Waals surface area contributed by atoms with E-state index in [2.05, 4.69) is 10.2 Å². The molecule has 0 saturated carbocycles. The summed E-state index contributed by atoms with van der Waals surface area (Å²) in [6.07, 6.45) is 0. The summed E-state index contributed by atoms with van der Waals surface area (Å²) in [5.74, 6) is 0.0897. The van der Waals surface area contributed by atoms with E-state index in [1.54, 1.807) is 24.3 Å². The van der Waals surface area contributed by atoms with E-state index in [0.29, 0.717) is 37.4 Å². The molecular weight excluding hydrogens is 318 g/mol. The van der Waals surface area contributed by atoms with Crippen LogP contribution in [0.1, 0.15) is 38.1 Å². The molecule has 0 bridgehead atoms. The first-order valence-corrected chi connectivity index (χ1v) is 8.74. The minimum Gasteiger partial charge on any atom is -0.340 e. The fraction of sp³-hybridized carbons (Fsp3) is 0.526. The molecular formula is C19H27N3O3. The normalized spacial score (nSPS) is 16.6. The molecule has 1 N–H and O–H groups in total. The van der Waals surface area contributed by atoms with E-state index < -0.39 is 0 Å². The molecule has 136 valence electrons. The van der Waals surface area contributed by atoms with E-state index in [0.717, 1.165) is 0 Å². The Hall–Kier alpha value is -2.21. The Morgan fingerprint density at radius 3 is 2.00 bits per heavy atom. The molecule has 2 amide bonds. The number of hydrogen-bond donors (Lipinski definition) is 1. The number of benzene rings is 1. The Morgan fingerprint density at radius 2 is 1.52 bits per heavy atom. The van der Waals surface area contributed by atoms with Gasteiger partial charge in [0.05, 0.1) is 6.04 Å². The number of carbonyl (C=O) groups is 3. The summed E-state index contributed by atoms with van der Waals surface area (Å²) in [7, 11) is 0. The number of piperazine rings is 1. The van der Waals surface area contributed by atoms with Crippen LogP contribution in [0.3, 0.4) is 0 Å². The van der Waals surface area contributed by atoms with Crippen LogP contribution in [0.4, 0.5) is 5.69 Å². The molecule has 0 aliphatic carbocycles. The highest BCUT2D eigenvalue weighted by molar-refractivity contribution is 5.97. The summed E-state index contributed by atoms with van der Waals surface area (Å²) in [6, 6.07) is 6.61. The van der Waals surface area contributed by atoms with Gasteiger partial charge in [-0.1, -0.05) is 13.8 Å². The van der Waals surface area contributed by atoms with Gasteiger partial charge in [-0.2, -0.15) is 0 Å². The predicted molar refractivity (Wildman–Crippen MR) is 97.5 cm³/mol. The lowest BCUT2D eigenvalue weighted by atomic mass is 10.1. The van der Waals surface area contributed by atoms with Gasteiger partial charge in [-0.05, 0) is 38.1 Å². The lowest BCUT2D eigenvalue weighted by Gasteiger charge is -2.38. The lowest BCUT2D eigenvalue weighted by molar-refractivity contribution is -0.136. The number of Topliss-reactive ketones (excluding diaryl/α,β-unsaturated/α-hetero) is 1. The number of nitrogens with one attached hydrogen (secondary N) is 1. The smallest absolute Gasteiger partial charge is 0.241 e. The molecule has 1 saturated heterocycles. The van der Waals surface area contributed by atoms with Crippen LogP contribution in [0, 0.1) is 5.92 Å². The molecule has 0 spiro atoms. The summed E-state index contributed by atoms with van der Waals surface area (Å²) in [5, 5.41) is 2.88. The summed E-state index contributed by atoms with van der Waals surface area (Å²) >= 11 is 0. The van der Waals surface area contributed by atoms with Crippen LogP contribution >= 0.6 is 0 Å². The van der Waals surface area contributed by atoms with Gasteiger partial charge in [0, 0.05) is 43.3 Å². The van der Waals surface area contributed by atoms with Crippen LogP contribution in [-0.2, 0) is 9.59 Å². The second-order valence-electron chi connectivity index (χ2n) is 6.81. The number of anilines is 1. The second-order valence-corrected chi connectivity index (χ2v) is 6.81. The average molecular weight is 345 g/mol. The maximum absolute atomic E-state index is 12.5. The number of carbonyl (C=O) groups excluding carboxylic acids is 3. The molecule has 1 aromatic carbocycles. The molecule has 0 unspecified atom stereocenters. The van der Waals surface area contributed by atoms with Crippen molar-refractivity contribution in [3.63, 3.8) is 0 Å². The van der Waals surface area contributed by atoms with Crippen molar-refractivity contribution >= 4 is 23.3 Å². The standard InChI is InChI=1S/C19H27N3O3/c1-13(2)19(25)22-11-9-21(10-12-22)14(3)18(24)20-17-7-5-16(6-8-17)15(4)23/h5-8,13-14H,9-12H2,1-4H3,(H,20,24)/t14-/m1/s1. The molecule has 6 heteroatoms. The Kier molecular flexibility index (Phi) is 6.31. The summed E-state index contributed by atoms with van der Waals surface area (Å²) in [5.41, 5.74) is 1.30. The zero-order valence-corrected chi connectivity index (χ0v) is 15.4. The largest absolute Gasteiger partial charge is 0.340 e. The Morgan fingerprint density at radius 1 is 0.960 bits per heavy atom. The van der Waals surface area contributed by atoms with Crippen molar-refractivity contribution in [2.45, 2.75) is 33.7 Å². The van der Waals surface area contributed by atoms with Gasteiger partial charge in [0.1, 0.15) is 0 Å². The quantitative estimate of drug-likeness (QED) is 0.829. The topological polar surface area (TPSA) is 69.7 Å². The summed E-state index contributed by atoms with van der Waals surface area (Å²) in [6.45, 7) is 9.89. The van der Waals surface area contributed by atoms with Gasteiger partial charge in [0.25, 0.3) is 0 Å². The van der Waals surface area contributed by atoms with Gasteiger partial charge in [-0.3, -0.25) is 19.3 Å². The van der Waals surface area contributed by atoms with Gasteiger partial charge in [-0.25, -0.2) is 0 Å². The first-order chi connectivity index (χ1) is 11.8. The van der Waals surface area contributed by atoms with Gasteiger partial charge in [0.2, 0.25) is 11.8 Å². The molecule has 25 heavy (non-hydrogen) atoms. The van der Waals surface area contributed by atoms with Gasteiger partial charge in [0.15, 0.2) is 5.78 Å². The number of rotatable bonds is 5. The number of hydrogen-bond acceptors (Lipinski definition) is 4. The Labute approximate surface area is 149 Å². The summed E-state index contributed by atoms with van der Waals surface area (Å²) < 4.78 is 0. The van der Waals surface area contributed by atoms with Crippen molar-refractivity contribution in [2.75, 3.05) is 31.5 Å². The Balaban J connectivity index is 1.88. The highest BCUT2D eigenvalue weighted by Crippen LogP contribution is 2.14. The molecule has 6 nitrogen and oxygen atoms in total. The van der Waals surface area contributed by atoms with E-state index >= 15 is 0 Å². The molecule has 0 radical (unpaired) electrons. The van der Waals surface area contributed by atoms with Crippen molar-refractivity contribution in [1.29, 1.82) is 0 Å². The second kappa shape index (κ2) is 8.25. The maximum atomic E-state index is 12.5. The highest BCUT2D eigenvalue weighted by Gasteiger charge is 2.28. The van der Waals surface area contributed by atoms with E-state index in [1.807, 2.05) is 25.7 Å². The molecule has 2 rings (SSSR count). The van der Waals surface area contributed by atoms with E-state index in [4.69, 9.17) is 0 Å². The van der Waals surface area contributed by atoms with Crippen LogP contribution < -0.4 is 5.32 Å². The molecule has 1 aromatic rings. The third-order valence-electron chi connectivity index (χ3n) is 4.61. The van der Waals surface area contributed by atoms with Crippen molar-refractivity contribution < 1.29 is 14.4 Å². The predicted octanol–water partition coefficient (Wildman–Crippen LogP) is 2.02. The minimum atomic E-state index is -0.274. The average Bonchev–Trinajstić information content (AvgIpc) is 2.60. The fourth-order valence-corrected chi connectivity index (χ4v) is 2.90. The molecule has 1 aliphatic heterocycles. The van der Waals surface area contributed by atoms with Crippen LogP contribution in [0.25, 0.3) is 0 Å². The minimum absolute atomic E-state index is 0.0000558. The lowest BCUT2D eigenvalue weighted by Crippen LogP contribution is -2.54. The monoisotopic (exact) mass is 345 g/mol. The SMILES string of the molecule is CC(=O)c1ccc(NC(=O)[C@@H](C)N2CCN(C(=O)C(C)C)CC2)cc1. The fourth-order valence-electron chi connectivity index (χ4n) is 2.90. The third-order valence-corrected chi connectivity index (χ3v) is 4.61. The molecule has 0 aromatic heterocycles. The van der Waals surface area contributed by atoms with Crippen molar-refractivity contribution in [3.8, 4) is 0 Å². The van der Waals surface area contributed by atoms with E-state index in [1.165, 1.54) is 6.92 Å². The molecule has 1 aliphatic rings. The number of amides is 2. The molecule has 1 atom stereocenters. The number of nitrogens with zero attached hydrogens (tertiary/aromatic N) is 2. The summed E-state index contributed by atoms with van der Waals surface area (Å²) in [4.78, 5) is 39.7. The maximum Gasteiger partial charge on any atom is 0.241 e. The zero-order valence-electron chi connectivity index (χ0n) is 15.4. The van der Waals surface area contributed by atoms with Crippen LogP contribution in [0.2, 0.25) is 0 Å². The van der Waals surface area contributed by atoms with Crippen molar-refractivity contribution in [2.24, 2.45) is 5.92 Å². The van der Waals surface area contributed by atoms with Crippen LogP contribution in [0.15, 0.2) is 24.3 Å². The first-order valence-electron chi connectivity index (χ1n) is 8.74.